The third-order valence-corrected chi connectivity index (χ3v) is 4.33. The molecule has 1 rings (SSSR count). The lowest BCUT2D eigenvalue weighted by Crippen LogP contribution is -2.59. The fourth-order valence-corrected chi connectivity index (χ4v) is 3.23. The van der Waals surface area contributed by atoms with E-state index in [1.165, 1.54) is 0 Å². The number of nitrogens with zero attached hydrogens (tertiary/aromatic N) is 1. The fourth-order valence-electron chi connectivity index (χ4n) is 3.23. The van der Waals surface area contributed by atoms with E-state index in [9.17, 15) is 13.2 Å². The summed E-state index contributed by atoms with van der Waals surface area (Å²) in [5.41, 5.74) is 5.85. The van der Waals surface area contributed by atoms with Crippen LogP contribution < -0.4 is 5.73 Å². The number of hydrogen-bond acceptors (Lipinski definition) is 2. The summed E-state index contributed by atoms with van der Waals surface area (Å²) in [5.74, 6) is 0.540. The zero-order valence-electron chi connectivity index (χ0n) is 11.6. The summed E-state index contributed by atoms with van der Waals surface area (Å²) in [4.78, 5) is 2.05. The Labute approximate surface area is 108 Å². The van der Waals surface area contributed by atoms with Gasteiger partial charge in [-0.1, -0.05) is 19.8 Å². The van der Waals surface area contributed by atoms with E-state index in [1.807, 2.05) is 19.0 Å². The number of rotatable bonds is 4. The molecule has 0 aromatic rings. The van der Waals surface area contributed by atoms with Crippen molar-refractivity contribution in [2.24, 2.45) is 11.7 Å². The van der Waals surface area contributed by atoms with Gasteiger partial charge in [0.25, 0.3) is 0 Å². The standard InChI is InChI=1S/C13H25F3N2/c1-10-5-4-7-12(9-10,18(2)3)11(17)6-8-13(14,15)16/h10-11H,4-9,17H2,1-3H3. The van der Waals surface area contributed by atoms with E-state index < -0.39 is 18.6 Å². The van der Waals surface area contributed by atoms with E-state index in [0.29, 0.717) is 5.92 Å². The maximum atomic E-state index is 12.3. The molecule has 3 unspecified atom stereocenters. The highest BCUT2D eigenvalue weighted by atomic mass is 19.4. The molecule has 1 aliphatic rings. The predicted molar refractivity (Wildman–Crippen MR) is 67.3 cm³/mol. The Bertz CT molecular complexity index is 265. The first-order valence-corrected chi connectivity index (χ1v) is 6.67. The average molecular weight is 266 g/mol. The maximum absolute atomic E-state index is 12.3. The van der Waals surface area contributed by atoms with Crippen LogP contribution in [0.15, 0.2) is 0 Å². The van der Waals surface area contributed by atoms with Crippen molar-refractivity contribution in [3.05, 3.63) is 0 Å². The van der Waals surface area contributed by atoms with Gasteiger partial charge in [0.1, 0.15) is 0 Å². The van der Waals surface area contributed by atoms with E-state index >= 15 is 0 Å². The summed E-state index contributed by atoms with van der Waals surface area (Å²) in [6, 6.07) is -0.406. The largest absolute Gasteiger partial charge is 0.389 e. The highest BCUT2D eigenvalue weighted by Gasteiger charge is 2.43. The molecule has 108 valence electrons. The van der Waals surface area contributed by atoms with E-state index in [0.717, 1.165) is 25.7 Å². The van der Waals surface area contributed by atoms with Crippen LogP contribution in [0.5, 0.6) is 0 Å². The van der Waals surface area contributed by atoms with E-state index in [2.05, 4.69) is 6.92 Å². The number of likely N-dealkylation sites (N-methyl/N-ethyl adjacent to an activating group) is 1. The van der Waals surface area contributed by atoms with Gasteiger partial charge >= 0.3 is 6.18 Å². The number of nitrogens with two attached hydrogens (primary N) is 1. The average Bonchev–Trinajstić information content (AvgIpc) is 2.24. The molecule has 0 amide bonds. The van der Waals surface area contributed by atoms with Crippen molar-refractivity contribution in [1.29, 1.82) is 0 Å². The molecule has 1 saturated carbocycles. The molecule has 0 spiro atoms. The Hall–Kier alpha value is -0.290. The first-order chi connectivity index (χ1) is 8.17. The van der Waals surface area contributed by atoms with Crippen molar-refractivity contribution >= 4 is 0 Å². The second-order valence-electron chi connectivity index (χ2n) is 5.96. The van der Waals surface area contributed by atoms with Crippen molar-refractivity contribution in [3.63, 3.8) is 0 Å². The second-order valence-corrected chi connectivity index (χ2v) is 5.96. The molecule has 2 nitrogen and oxygen atoms in total. The number of hydrogen-bond donors (Lipinski definition) is 1. The smallest absolute Gasteiger partial charge is 0.326 e. The number of halogens is 3. The van der Waals surface area contributed by atoms with Crippen LogP contribution in [0.25, 0.3) is 0 Å². The molecule has 1 fully saturated rings. The van der Waals surface area contributed by atoms with Crippen LogP contribution in [0, 0.1) is 5.92 Å². The van der Waals surface area contributed by atoms with E-state index in [-0.39, 0.29) is 12.0 Å². The molecule has 0 radical (unpaired) electrons. The highest BCUT2D eigenvalue weighted by Crippen LogP contribution is 2.39. The van der Waals surface area contributed by atoms with Crippen LogP contribution in [0.3, 0.4) is 0 Å². The topological polar surface area (TPSA) is 29.3 Å². The van der Waals surface area contributed by atoms with Gasteiger partial charge in [-0.3, -0.25) is 0 Å². The summed E-state index contributed by atoms with van der Waals surface area (Å²) in [5, 5.41) is 0. The molecule has 0 bridgehead atoms. The molecule has 0 aromatic carbocycles. The molecule has 5 heteroatoms. The van der Waals surface area contributed by atoms with Crippen LogP contribution in [0.1, 0.15) is 45.4 Å². The van der Waals surface area contributed by atoms with Crippen molar-refractivity contribution in [1.82, 2.24) is 4.90 Å². The molecule has 3 atom stereocenters. The number of alkyl halides is 3. The van der Waals surface area contributed by atoms with Gasteiger partial charge in [-0.05, 0) is 39.3 Å². The van der Waals surface area contributed by atoms with Gasteiger partial charge in [0, 0.05) is 18.0 Å². The minimum atomic E-state index is -4.11. The van der Waals surface area contributed by atoms with Crippen LogP contribution in [0.2, 0.25) is 0 Å². The Balaban J connectivity index is 2.71. The fraction of sp³-hybridized carbons (Fsp3) is 1.00. The first kappa shape index (κ1) is 15.8. The summed E-state index contributed by atoms with van der Waals surface area (Å²) in [7, 11) is 3.87. The van der Waals surface area contributed by atoms with Crippen LogP contribution in [-0.2, 0) is 0 Å². The van der Waals surface area contributed by atoms with Crippen LogP contribution in [0.4, 0.5) is 13.2 Å². The highest BCUT2D eigenvalue weighted by molar-refractivity contribution is 5.00. The SMILES string of the molecule is CC1CCCC(C(N)CCC(F)(F)F)(N(C)C)C1. The van der Waals surface area contributed by atoms with Gasteiger partial charge in [0.2, 0.25) is 0 Å². The summed E-state index contributed by atoms with van der Waals surface area (Å²) in [6.07, 6.45) is -0.846. The first-order valence-electron chi connectivity index (χ1n) is 6.67. The Kier molecular flexibility index (Phi) is 5.06. The molecule has 1 aliphatic carbocycles. The van der Waals surface area contributed by atoms with Crippen molar-refractivity contribution in [2.75, 3.05) is 14.1 Å². The van der Waals surface area contributed by atoms with Gasteiger partial charge in [-0.2, -0.15) is 13.2 Å². The minimum absolute atomic E-state index is 0.0222. The lowest BCUT2D eigenvalue weighted by atomic mass is 9.70. The molecule has 0 aromatic heterocycles. The van der Waals surface area contributed by atoms with E-state index in [1.54, 1.807) is 0 Å². The molecule has 18 heavy (non-hydrogen) atoms. The van der Waals surface area contributed by atoms with Gasteiger partial charge in [-0.25, -0.2) is 0 Å². The molecule has 0 aliphatic heterocycles. The van der Waals surface area contributed by atoms with Gasteiger partial charge in [-0.15, -0.1) is 0 Å². The monoisotopic (exact) mass is 266 g/mol. The Morgan fingerprint density at radius 2 is 2.00 bits per heavy atom. The molecular formula is C13H25F3N2. The van der Waals surface area contributed by atoms with Gasteiger partial charge < -0.3 is 10.6 Å². The molecule has 0 saturated heterocycles. The summed E-state index contributed by atoms with van der Waals surface area (Å²) in [6.45, 7) is 2.16. The zero-order chi connectivity index (χ0) is 14.0. The predicted octanol–water partition coefficient (Wildman–Crippen LogP) is 3.17. The van der Waals surface area contributed by atoms with E-state index in [4.69, 9.17) is 5.73 Å². The third-order valence-electron chi connectivity index (χ3n) is 4.33. The summed E-state index contributed by atoms with van der Waals surface area (Å²) >= 11 is 0. The zero-order valence-corrected chi connectivity index (χ0v) is 11.6. The quantitative estimate of drug-likeness (QED) is 0.847. The lowest BCUT2D eigenvalue weighted by molar-refractivity contribution is -0.138. The van der Waals surface area contributed by atoms with Gasteiger partial charge in [0.05, 0.1) is 0 Å². The van der Waals surface area contributed by atoms with Crippen LogP contribution >= 0.6 is 0 Å². The van der Waals surface area contributed by atoms with Gasteiger partial charge in [0.15, 0.2) is 0 Å². The molecule has 0 heterocycles. The van der Waals surface area contributed by atoms with Crippen LogP contribution in [-0.4, -0.2) is 36.8 Å². The Morgan fingerprint density at radius 1 is 1.39 bits per heavy atom. The molecular weight excluding hydrogens is 241 g/mol. The Morgan fingerprint density at radius 3 is 2.44 bits per heavy atom. The summed E-state index contributed by atoms with van der Waals surface area (Å²) < 4.78 is 36.9. The van der Waals surface area contributed by atoms with Crippen molar-refractivity contribution in [3.8, 4) is 0 Å². The molecule has 2 N–H and O–H groups in total. The second kappa shape index (κ2) is 5.78. The van der Waals surface area contributed by atoms with Crippen molar-refractivity contribution in [2.45, 2.75) is 63.2 Å². The third kappa shape index (κ3) is 3.85. The lowest BCUT2D eigenvalue weighted by Gasteiger charge is -2.49. The maximum Gasteiger partial charge on any atom is 0.389 e. The minimum Gasteiger partial charge on any atom is -0.326 e. The normalized spacial score (nSPS) is 31.7. The van der Waals surface area contributed by atoms with Crippen molar-refractivity contribution < 1.29 is 13.2 Å².